The molecule has 1 saturated carbocycles. The van der Waals surface area contributed by atoms with E-state index < -0.39 is 74.5 Å². The van der Waals surface area contributed by atoms with E-state index in [1.54, 1.807) is 0 Å². The molecule has 29 heavy (non-hydrogen) atoms. The molecule has 1 aliphatic rings. The number of aliphatic hydroxyl groups is 1. The van der Waals surface area contributed by atoms with Crippen LogP contribution in [0.5, 0.6) is 5.75 Å². The topological polar surface area (TPSA) is 67.8 Å². The first-order chi connectivity index (χ1) is 13.3. The summed E-state index contributed by atoms with van der Waals surface area (Å²) in [7, 11) is 0. The van der Waals surface area contributed by atoms with Crippen LogP contribution in [-0.2, 0) is 9.53 Å². The zero-order valence-corrected chi connectivity index (χ0v) is 14.8. The standard InChI is InChI=1S/C17H18F7NO4/c18-15(19)28-8-12(9-2-1-3-11(4-9)29-17(22,23)24)25-14(27)5-13(26)10-6-16(20,21)7-10/h1-4,10,12-13,15,26H,5-8H2,(H,25,27)/t12-,13+/m0/s1. The number of aliphatic hydroxyl groups excluding tert-OH is 1. The quantitative estimate of drug-likeness (QED) is 0.582. The Morgan fingerprint density at radius 1 is 1.28 bits per heavy atom. The molecule has 2 N–H and O–H groups in total. The van der Waals surface area contributed by atoms with Crippen molar-refractivity contribution in [2.24, 2.45) is 5.92 Å². The van der Waals surface area contributed by atoms with E-state index >= 15 is 0 Å². The van der Waals surface area contributed by atoms with Crippen molar-refractivity contribution in [2.45, 2.75) is 50.3 Å². The molecule has 1 aliphatic carbocycles. The molecule has 0 spiro atoms. The van der Waals surface area contributed by atoms with Gasteiger partial charge in [-0.25, -0.2) is 8.78 Å². The Kier molecular flexibility index (Phi) is 7.33. The fourth-order valence-electron chi connectivity index (χ4n) is 2.91. The van der Waals surface area contributed by atoms with E-state index in [0.717, 1.165) is 18.2 Å². The van der Waals surface area contributed by atoms with Crippen LogP contribution in [-0.4, -0.2) is 42.6 Å². The number of hydrogen-bond donors (Lipinski definition) is 2. The van der Waals surface area contributed by atoms with E-state index in [2.05, 4.69) is 14.8 Å². The SMILES string of the molecule is O=C(C[C@@H](O)C1CC(F)(F)C1)N[C@@H](COC(F)F)c1cccc(OC(F)(F)F)c1. The monoisotopic (exact) mass is 433 g/mol. The van der Waals surface area contributed by atoms with Crippen molar-refractivity contribution >= 4 is 5.91 Å². The lowest BCUT2D eigenvalue weighted by Gasteiger charge is -2.37. The maximum absolute atomic E-state index is 12.9. The average Bonchev–Trinajstić information content (AvgIpc) is 2.54. The summed E-state index contributed by atoms with van der Waals surface area (Å²) in [4.78, 5) is 12.1. The van der Waals surface area contributed by atoms with Gasteiger partial charge in [-0.3, -0.25) is 4.79 Å². The number of rotatable bonds is 9. The molecule has 0 heterocycles. The van der Waals surface area contributed by atoms with Crippen molar-refractivity contribution in [1.29, 1.82) is 0 Å². The zero-order chi connectivity index (χ0) is 21.8. The van der Waals surface area contributed by atoms with Gasteiger partial charge in [0.05, 0.1) is 25.2 Å². The van der Waals surface area contributed by atoms with Crippen molar-refractivity contribution in [2.75, 3.05) is 6.61 Å². The first kappa shape index (κ1) is 23.2. The normalized spacial score (nSPS) is 18.8. The van der Waals surface area contributed by atoms with Gasteiger partial charge in [-0.05, 0) is 23.6 Å². The minimum Gasteiger partial charge on any atom is -0.406 e. The lowest BCUT2D eigenvalue weighted by molar-refractivity contribution is -0.274. The Morgan fingerprint density at radius 3 is 2.48 bits per heavy atom. The van der Waals surface area contributed by atoms with Gasteiger partial charge >= 0.3 is 13.0 Å². The van der Waals surface area contributed by atoms with Crippen LogP contribution in [0.25, 0.3) is 0 Å². The summed E-state index contributed by atoms with van der Waals surface area (Å²) >= 11 is 0. The largest absolute Gasteiger partial charge is 0.573 e. The highest BCUT2D eigenvalue weighted by Crippen LogP contribution is 2.44. The Balaban J connectivity index is 2.04. The molecule has 12 heteroatoms. The number of alkyl halides is 7. The van der Waals surface area contributed by atoms with Gasteiger partial charge in [-0.15, -0.1) is 13.2 Å². The third-order valence-corrected chi connectivity index (χ3v) is 4.28. The van der Waals surface area contributed by atoms with Gasteiger partial charge < -0.3 is 19.9 Å². The molecule has 5 nitrogen and oxygen atoms in total. The van der Waals surface area contributed by atoms with Crippen LogP contribution in [0.4, 0.5) is 30.7 Å². The van der Waals surface area contributed by atoms with Gasteiger partial charge in [0.2, 0.25) is 11.8 Å². The van der Waals surface area contributed by atoms with Crippen LogP contribution in [0.15, 0.2) is 24.3 Å². The maximum Gasteiger partial charge on any atom is 0.573 e. The van der Waals surface area contributed by atoms with E-state index in [1.807, 2.05) is 0 Å². The fraction of sp³-hybridized carbons (Fsp3) is 0.588. The summed E-state index contributed by atoms with van der Waals surface area (Å²) in [6.45, 7) is -3.98. The molecule has 1 aromatic carbocycles. The molecule has 164 valence electrons. The van der Waals surface area contributed by atoms with E-state index in [-0.39, 0.29) is 5.56 Å². The average molecular weight is 433 g/mol. The van der Waals surface area contributed by atoms with Gasteiger partial charge in [-0.1, -0.05) is 12.1 Å². The summed E-state index contributed by atoms with van der Waals surface area (Å²) in [6.07, 6.45) is -8.07. The highest BCUT2D eigenvalue weighted by atomic mass is 19.4. The van der Waals surface area contributed by atoms with Crippen molar-refractivity contribution in [3.8, 4) is 5.75 Å². The minimum atomic E-state index is -4.98. The van der Waals surface area contributed by atoms with Gasteiger partial charge in [0.1, 0.15) is 5.75 Å². The summed E-state index contributed by atoms with van der Waals surface area (Å²) < 4.78 is 95.4. The predicted molar refractivity (Wildman–Crippen MR) is 84.3 cm³/mol. The van der Waals surface area contributed by atoms with Crippen LogP contribution in [0, 0.1) is 5.92 Å². The molecule has 1 amide bonds. The Hall–Kier alpha value is -2.08. The Bertz CT molecular complexity index is 691. The summed E-state index contributed by atoms with van der Waals surface area (Å²) in [5, 5.41) is 12.1. The van der Waals surface area contributed by atoms with Gasteiger partial charge in [0.25, 0.3) is 0 Å². The molecule has 0 aromatic heterocycles. The number of amides is 1. The summed E-state index contributed by atoms with van der Waals surface area (Å²) in [5.41, 5.74) is -0.0228. The number of carbonyl (C=O) groups excluding carboxylic acids is 1. The molecular formula is C17H18F7NO4. The maximum atomic E-state index is 12.9. The molecule has 2 atom stereocenters. The molecule has 1 fully saturated rings. The van der Waals surface area contributed by atoms with Crippen LogP contribution in [0.3, 0.4) is 0 Å². The lowest BCUT2D eigenvalue weighted by Crippen LogP contribution is -2.44. The van der Waals surface area contributed by atoms with Crippen molar-refractivity contribution in [1.82, 2.24) is 5.32 Å². The predicted octanol–water partition coefficient (Wildman–Crippen LogP) is 3.78. The highest BCUT2D eigenvalue weighted by Gasteiger charge is 2.48. The second-order valence-electron chi connectivity index (χ2n) is 6.63. The second-order valence-corrected chi connectivity index (χ2v) is 6.63. The Morgan fingerprint density at radius 2 is 1.93 bits per heavy atom. The number of nitrogens with one attached hydrogen (secondary N) is 1. The van der Waals surface area contributed by atoms with Crippen LogP contribution < -0.4 is 10.1 Å². The molecule has 0 aliphatic heterocycles. The van der Waals surface area contributed by atoms with Gasteiger partial charge in [0.15, 0.2) is 0 Å². The molecule has 0 saturated heterocycles. The van der Waals surface area contributed by atoms with E-state index in [1.165, 1.54) is 6.07 Å². The summed E-state index contributed by atoms with van der Waals surface area (Å²) in [6, 6.07) is 2.98. The first-order valence-electron chi connectivity index (χ1n) is 8.45. The van der Waals surface area contributed by atoms with Crippen LogP contribution in [0.1, 0.15) is 30.9 Å². The van der Waals surface area contributed by atoms with Gasteiger partial charge in [-0.2, -0.15) is 8.78 Å². The van der Waals surface area contributed by atoms with Crippen LogP contribution in [0.2, 0.25) is 0 Å². The van der Waals surface area contributed by atoms with Crippen molar-refractivity contribution in [3.63, 3.8) is 0 Å². The molecule has 0 bridgehead atoms. The first-order valence-corrected chi connectivity index (χ1v) is 8.45. The lowest BCUT2D eigenvalue weighted by atomic mass is 9.76. The smallest absolute Gasteiger partial charge is 0.406 e. The molecule has 0 radical (unpaired) electrons. The fourth-order valence-corrected chi connectivity index (χ4v) is 2.91. The number of hydrogen-bond acceptors (Lipinski definition) is 4. The molecule has 2 rings (SSSR count). The van der Waals surface area contributed by atoms with Gasteiger partial charge in [0, 0.05) is 12.8 Å². The molecule has 1 aromatic rings. The summed E-state index contributed by atoms with van der Waals surface area (Å²) in [5.74, 6) is -5.18. The van der Waals surface area contributed by atoms with Crippen molar-refractivity contribution < 1.29 is 50.1 Å². The molecular weight excluding hydrogens is 415 g/mol. The molecule has 0 unspecified atom stereocenters. The number of halogens is 7. The van der Waals surface area contributed by atoms with Crippen molar-refractivity contribution in [3.05, 3.63) is 29.8 Å². The van der Waals surface area contributed by atoms with E-state index in [0.29, 0.717) is 0 Å². The van der Waals surface area contributed by atoms with E-state index in [9.17, 15) is 40.6 Å². The second kappa shape index (κ2) is 9.16. The third kappa shape index (κ3) is 7.69. The third-order valence-electron chi connectivity index (χ3n) is 4.28. The highest BCUT2D eigenvalue weighted by molar-refractivity contribution is 5.77. The number of carbonyl (C=O) groups is 1. The minimum absolute atomic E-state index is 0.0228. The van der Waals surface area contributed by atoms with E-state index in [4.69, 9.17) is 0 Å². The van der Waals surface area contributed by atoms with Crippen LogP contribution >= 0.6 is 0 Å². The number of ether oxygens (including phenoxy) is 2. The Labute approximate surface area is 160 Å². The zero-order valence-electron chi connectivity index (χ0n) is 14.8. The number of benzene rings is 1.